The third-order valence-electron chi connectivity index (χ3n) is 9.65. The Balaban J connectivity index is 1.56. The van der Waals surface area contributed by atoms with E-state index in [0.717, 1.165) is 37.5 Å². The molecular formula is C24H35BrO3. The van der Waals surface area contributed by atoms with Gasteiger partial charge < -0.3 is 10.2 Å². The third kappa shape index (κ3) is 3.12. The number of aliphatic hydroxyl groups excluding tert-OH is 1. The molecule has 0 saturated heterocycles. The Bertz CT molecular complexity index is 696. The zero-order chi connectivity index (χ0) is 20.2. The number of hydrogen-bond acceptors (Lipinski definition) is 3. The number of rotatable bonds is 2. The number of carbonyl (C=O) groups excluding carboxylic acids is 1. The lowest BCUT2D eigenvalue weighted by Crippen LogP contribution is -2.56. The summed E-state index contributed by atoms with van der Waals surface area (Å²) in [4.78, 5) is 12.6. The zero-order valence-electron chi connectivity index (χ0n) is 17.3. The van der Waals surface area contributed by atoms with Crippen LogP contribution in [0.4, 0.5) is 0 Å². The van der Waals surface area contributed by atoms with E-state index in [-0.39, 0.29) is 23.4 Å². The fourth-order valence-corrected chi connectivity index (χ4v) is 8.58. The van der Waals surface area contributed by atoms with Gasteiger partial charge in [0.1, 0.15) is 18.0 Å². The molecule has 0 bridgehead atoms. The molecule has 28 heavy (non-hydrogen) atoms. The summed E-state index contributed by atoms with van der Waals surface area (Å²) < 4.78 is 0. The Morgan fingerprint density at radius 1 is 1.04 bits per heavy atom. The maximum absolute atomic E-state index is 12.6. The van der Waals surface area contributed by atoms with Crippen molar-refractivity contribution in [1.29, 1.82) is 0 Å². The number of carbonyl (C=O) groups is 1. The van der Waals surface area contributed by atoms with E-state index in [1.165, 1.54) is 32.1 Å². The average molecular weight is 451 g/mol. The average Bonchev–Trinajstić information content (AvgIpc) is 3.04. The summed E-state index contributed by atoms with van der Waals surface area (Å²) in [6, 6.07) is 0. The van der Waals surface area contributed by atoms with Gasteiger partial charge in [-0.05, 0) is 92.3 Å². The summed E-state index contributed by atoms with van der Waals surface area (Å²) in [6.07, 6.45) is 9.63. The highest BCUT2D eigenvalue weighted by molar-refractivity contribution is 9.09. The van der Waals surface area contributed by atoms with Gasteiger partial charge in [-0.3, -0.25) is 4.79 Å². The highest BCUT2D eigenvalue weighted by atomic mass is 79.9. The Labute approximate surface area is 178 Å². The van der Waals surface area contributed by atoms with Crippen LogP contribution in [0.15, 0.2) is 0 Å². The maximum Gasteiger partial charge on any atom is 0.147 e. The van der Waals surface area contributed by atoms with Crippen LogP contribution in [0.5, 0.6) is 0 Å². The van der Waals surface area contributed by atoms with E-state index in [4.69, 9.17) is 5.11 Å². The molecule has 0 radical (unpaired) electrons. The number of aliphatic hydroxyl groups is 2. The van der Waals surface area contributed by atoms with E-state index < -0.39 is 5.60 Å². The fourth-order valence-electron chi connectivity index (χ4n) is 8.19. The normalized spacial score (nSPS) is 50.0. The highest BCUT2D eigenvalue weighted by Gasteiger charge is 2.61. The van der Waals surface area contributed by atoms with Crippen molar-refractivity contribution in [2.45, 2.75) is 77.2 Å². The molecule has 0 amide bonds. The molecule has 0 aliphatic heterocycles. The van der Waals surface area contributed by atoms with Crippen molar-refractivity contribution in [1.82, 2.24) is 0 Å². The summed E-state index contributed by atoms with van der Waals surface area (Å²) in [6.45, 7) is 4.71. The van der Waals surface area contributed by atoms with Crippen molar-refractivity contribution in [3.05, 3.63) is 0 Å². The molecule has 4 rings (SSSR count). The van der Waals surface area contributed by atoms with E-state index >= 15 is 0 Å². The first-order valence-corrected chi connectivity index (χ1v) is 12.3. The molecule has 0 aromatic rings. The molecule has 4 aliphatic carbocycles. The summed E-state index contributed by atoms with van der Waals surface area (Å²) >= 11 is 3.42. The molecule has 4 aliphatic rings. The molecule has 0 heterocycles. The standard InChI is InChI=1S/C24H35BrO3/c1-22-11-12-24(28,9-3-13-26)14-16(22)4-5-17-18-6-7-20(21(27)15-25)23(18,2)10-8-19(17)22/h16-20,26,28H,4-8,10-15H2,1-2H3/t16?,17-,18-,19-,20+,22-,23-,24?/m0/s1. The van der Waals surface area contributed by atoms with Crippen LogP contribution in [-0.4, -0.2) is 33.5 Å². The van der Waals surface area contributed by atoms with Crippen LogP contribution in [-0.2, 0) is 4.79 Å². The quantitative estimate of drug-likeness (QED) is 0.485. The van der Waals surface area contributed by atoms with Gasteiger partial charge in [0.25, 0.3) is 0 Å². The van der Waals surface area contributed by atoms with Crippen molar-refractivity contribution in [3.63, 3.8) is 0 Å². The number of fused-ring (bicyclic) bond motifs is 5. The van der Waals surface area contributed by atoms with Crippen molar-refractivity contribution >= 4 is 21.7 Å². The second kappa shape index (κ2) is 7.40. The second-order valence-corrected chi connectivity index (χ2v) is 11.2. The summed E-state index contributed by atoms with van der Waals surface area (Å²) in [5.41, 5.74) is -0.435. The van der Waals surface area contributed by atoms with E-state index in [0.29, 0.717) is 22.9 Å². The molecule has 0 aromatic heterocycles. The van der Waals surface area contributed by atoms with Gasteiger partial charge in [0, 0.05) is 5.92 Å². The monoisotopic (exact) mass is 450 g/mol. The van der Waals surface area contributed by atoms with Crippen LogP contribution in [0.1, 0.15) is 71.6 Å². The minimum Gasteiger partial charge on any atom is -0.384 e. The molecule has 2 unspecified atom stereocenters. The van der Waals surface area contributed by atoms with E-state index in [1.807, 2.05) is 0 Å². The van der Waals surface area contributed by atoms with Crippen molar-refractivity contribution in [2.75, 3.05) is 11.9 Å². The summed E-state index contributed by atoms with van der Waals surface area (Å²) in [5, 5.41) is 20.5. The van der Waals surface area contributed by atoms with Crippen LogP contribution in [0.2, 0.25) is 0 Å². The van der Waals surface area contributed by atoms with E-state index in [1.54, 1.807) is 0 Å². The van der Waals surface area contributed by atoms with Crippen molar-refractivity contribution in [3.8, 4) is 11.8 Å². The van der Waals surface area contributed by atoms with Gasteiger partial charge in [-0.1, -0.05) is 41.6 Å². The molecule has 8 atom stereocenters. The molecule has 0 spiro atoms. The topological polar surface area (TPSA) is 57.5 Å². The molecular weight excluding hydrogens is 416 g/mol. The largest absolute Gasteiger partial charge is 0.384 e. The first-order valence-electron chi connectivity index (χ1n) is 11.2. The fraction of sp³-hybridized carbons (Fsp3) is 0.875. The number of halogens is 1. The van der Waals surface area contributed by atoms with Gasteiger partial charge in [-0.15, -0.1) is 0 Å². The van der Waals surface area contributed by atoms with Gasteiger partial charge >= 0.3 is 0 Å². The van der Waals surface area contributed by atoms with Gasteiger partial charge in [-0.2, -0.15) is 0 Å². The third-order valence-corrected chi connectivity index (χ3v) is 10.2. The molecule has 0 aromatic carbocycles. The highest BCUT2D eigenvalue weighted by Crippen LogP contribution is 2.68. The van der Waals surface area contributed by atoms with Gasteiger partial charge in [0.15, 0.2) is 0 Å². The predicted octanol–water partition coefficient (Wildman–Crippen LogP) is 4.34. The lowest BCUT2D eigenvalue weighted by Gasteiger charge is -2.61. The SMILES string of the molecule is C[C@]12CC[C@H]3[C@@H](CCC4CC(O)(C#CCO)CC[C@@]43C)[C@@H]1CC[C@@H]2C(=O)CBr. The van der Waals surface area contributed by atoms with Gasteiger partial charge in [0.05, 0.1) is 5.33 Å². The molecule has 4 saturated carbocycles. The molecule has 3 nitrogen and oxygen atoms in total. The molecule has 4 fully saturated rings. The first kappa shape index (κ1) is 20.9. The molecule has 4 heteroatoms. The smallest absolute Gasteiger partial charge is 0.147 e. The van der Waals surface area contributed by atoms with Crippen LogP contribution in [0.3, 0.4) is 0 Å². The van der Waals surface area contributed by atoms with Crippen molar-refractivity contribution < 1.29 is 15.0 Å². The minimum absolute atomic E-state index is 0.177. The Morgan fingerprint density at radius 2 is 1.79 bits per heavy atom. The van der Waals surface area contributed by atoms with Crippen LogP contribution >= 0.6 is 15.9 Å². The second-order valence-electron chi connectivity index (χ2n) is 10.6. The number of alkyl halides is 1. The van der Waals surface area contributed by atoms with Crippen molar-refractivity contribution in [2.24, 2.45) is 40.4 Å². The summed E-state index contributed by atoms with van der Waals surface area (Å²) in [5.74, 6) is 8.97. The lowest BCUT2D eigenvalue weighted by atomic mass is 9.44. The molecule has 2 N–H and O–H groups in total. The number of Topliss-reactive ketones (excluding diaryl/α,β-unsaturated/α-hetero) is 1. The number of ketones is 1. The van der Waals surface area contributed by atoms with Gasteiger partial charge in [-0.25, -0.2) is 0 Å². The van der Waals surface area contributed by atoms with Gasteiger partial charge in [0.2, 0.25) is 0 Å². The minimum atomic E-state index is -0.913. The predicted molar refractivity (Wildman–Crippen MR) is 114 cm³/mol. The Hall–Kier alpha value is -0.370. The lowest BCUT2D eigenvalue weighted by molar-refractivity contribution is -0.144. The van der Waals surface area contributed by atoms with Crippen LogP contribution in [0.25, 0.3) is 0 Å². The summed E-state index contributed by atoms with van der Waals surface area (Å²) in [7, 11) is 0. The zero-order valence-corrected chi connectivity index (χ0v) is 18.9. The maximum atomic E-state index is 12.6. The van der Waals surface area contributed by atoms with E-state index in [2.05, 4.69) is 41.6 Å². The Morgan fingerprint density at radius 3 is 2.50 bits per heavy atom. The number of hydrogen-bond donors (Lipinski definition) is 2. The van der Waals surface area contributed by atoms with Crippen LogP contribution < -0.4 is 0 Å². The first-order chi connectivity index (χ1) is 13.3. The Kier molecular flexibility index (Phi) is 5.52. The molecule has 156 valence electrons. The van der Waals surface area contributed by atoms with Crippen LogP contribution in [0, 0.1) is 52.3 Å². The van der Waals surface area contributed by atoms with E-state index in [9.17, 15) is 9.90 Å².